The van der Waals surface area contributed by atoms with Crippen LogP contribution in [0, 0.1) is 11.3 Å². The first kappa shape index (κ1) is 11.5. The van der Waals surface area contributed by atoms with Crippen LogP contribution in [0.25, 0.3) is 0 Å². The lowest BCUT2D eigenvalue weighted by atomic mass is 10.2. The number of hydrogen-bond acceptors (Lipinski definition) is 3. The standard InChI is InChI=1S/C12H16N2O/c1-10(15)4-3-7-14-12-6-2-5-11(8-12)9-13/h2,5-6,8,10,14-15H,3-4,7H2,1H3. The maximum atomic E-state index is 9.06. The zero-order chi connectivity index (χ0) is 11.1. The van der Waals surface area contributed by atoms with Gasteiger partial charge in [0, 0.05) is 12.2 Å². The second kappa shape index (κ2) is 6.05. The Morgan fingerprint density at radius 3 is 3.00 bits per heavy atom. The normalized spacial score (nSPS) is 11.8. The lowest BCUT2D eigenvalue weighted by Crippen LogP contribution is -2.06. The van der Waals surface area contributed by atoms with Crippen molar-refractivity contribution in [1.29, 1.82) is 5.26 Å². The molecule has 0 spiro atoms. The molecule has 0 aliphatic rings. The summed E-state index contributed by atoms with van der Waals surface area (Å²) in [6.45, 7) is 2.61. The zero-order valence-corrected chi connectivity index (χ0v) is 8.90. The van der Waals surface area contributed by atoms with E-state index in [0.717, 1.165) is 25.1 Å². The van der Waals surface area contributed by atoms with E-state index in [0.29, 0.717) is 5.56 Å². The Morgan fingerprint density at radius 1 is 1.53 bits per heavy atom. The molecule has 0 radical (unpaired) electrons. The molecule has 1 unspecified atom stereocenters. The maximum Gasteiger partial charge on any atom is 0.0992 e. The van der Waals surface area contributed by atoms with Gasteiger partial charge in [0.25, 0.3) is 0 Å². The molecule has 1 aromatic carbocycles. The average molecular weight is 204 g/mol. The monoisotopic (exact) mass is 204 g/mol. The van der Waals surface area contributed by atoms with Gasteiger partial charge in [-0.2, -0.15) is 5.26 Å². The predicted octanol–water partition coefficient (Wildman–Crippen LogP) is 2.13. The van der Waals surface area contributed by atoms with Gasteiger partial charge in [0.2, 0.25) is 0 Å². The van der Waals surface area contributed by atoms with E-state index in [4.69, 9.17) is 10.4 Å². The van der Waals surface area contributed by atoms with Gasteiger partial charge in [-0.25, -0.2) is 0 Å². The number of rotatable bonds is 5. The largest absolute Gasteiger partial charge is 0.393 e. The topological polar surface area (TPSA) is 56.0 Å². The van der Waals surface area contributed by atoms with Crippen molar-refractivity contribution >= 4 is 5.69 Å². The van der Waals surface area contributed by atoms with E-state index < -0.39 is 0 Å². The number of benzene rings is 1. The van der Waals surface area contributed by atoms with Crippen LogP contribution in [0.4, 0.5) is 5.69 Å². The number of hydrogen-bond donors (Lipinski definition) is 2. The highest BCUT2D eigenvalue weighted by Crippen LogP contribution is 2.09. The summed E-state index contributed by atoms with van der Waals surface area (Å²) >= 11 is 0. The van der Waals surface area contributed by atoms with Crippen molar-refractivity contribution in [1.82, 2.24) is 0 Å². The molecular weight excluding hydrogens is 188 g/mol. The van der Waals surface area contributed by atoms with Gasteiger partial charge < -0.3 is 10.4 Å². The van der Waals surface area contributed by atoms with E-state index in [9.17, 15) is 0 Å². The summed E-state index contributed by atoms with van der Waals surface area (Å²) in [5.41, 5.74) is 1.62. The van der Waals surface area contributed by atoms with Crippen molar-refractivity contribution in [2.24, 2.45) is 0 Å². The Morgan fingerprint density at radius 2 is 2.33 bits per heavy atom. The number of aliphatic hydroxyl groups is 1. The van der Waals surface area contributed by atoms with E-state index >= 15 is 0 Å². The lowest BCUT2D eigenvalue weighted by Gasteiger charge is -2.07. The van der Waals surface area contributed by atoms with Gasteiger partial charge in [-0.1, -0.05) is 6.07 Å². The molecule has 1 aromatic rings. The molecule has 80 valence electrons. The Labute approximate surface area is 90.4 Å². The minimum Gasteiger partial charge on any atom is -0.393 e. The van der Waals surface area contributed by atoms with Crippen LogP contribution in [0.2, 0.25) is 0 Å². The molecule has 15 heavy (non-hydrogen) atoms. The fraction of sp³-hybridized carbons (Fsp3) is 0.417. The molecule has 0 fully saturated rings. The van der Waals surface area contributed by atoms with Gasteiger partial charge in [0.15, 0.2) is 0 Å². The molecular formula is C12H16N2O. The van der Waals surface area contributed by atoms with Crippen molar-refractivity contribution in [3.8, 4) is 6.07 Å². The molecule has 3 nitrogen and oxygen atoms in total. The summed E-state index contributed by atoms with van der Waals surface area (Å²) in [5, 5.41) is 21.0. The minimum absolute atomic E-state index is 0.239. The minimum atomic E-state index is -0.239. The molecule has 0 saturated carbocycles. The third-order valence-corrected chi connectivity index (χ3v) is 2.12. The molecule has 1 rings (SSSR count). The molecule has 0 saturated heterocycles. The summed E-state index contributed by atoms with van der Waals surface area (Å²) < 4.78 is 0. The molecule has 3 heteroatoms. The molecule has 0 bridgehead atoms. The molecule has 0 amide bonds. The first-order valence-corrected chi connectivity index (χ1v) is 5.14. The van der Waals surface area contributed by atoms with E-state index in [1.165, 1.54) is 0 Å². The van der Waals surface area contributed by atoms with Crippen LogP contribution >= 0.6 is 0 Å². The Hall–Kier alpha value is -1.53. The third kappa shape index (κ3) is 4.48. The van der Waals surface area contributed by atoms with Crippen LogP contribution in [0.1, 0.15) is 25.3 Å². The van der Waals surface area contributed by atoms with Gasteiger partial charge in [-0.05, 0) is 38.0 Å². The fourth-order valence-electron chi connectivity index (χ4n) is 1.33. The van der Waals surface area contributed by atoms with Crippen LogP contribution < -0.4 is 5.32 Å². The van der Waals surface area contributed by atoms with Crippen LogP contribution in [-0.4, -0.2) is 17.8 Å². The fourth-order valence-corrected chi connectivity index (χ4v) is 1.33. The molecule has 2 N–H and O–H groups in total. The molecule has 0 aliphatic carbocycles. The molecule has 0 aromatic heterocycles. The number of aliphatic hydroxyl groups excluding tert-OH is 1. The van der Waals surface area contributed by atoms with Crippen molar-refractivity contribution in [2.45, 2.75) is 25.9 Å². The van der Waals surface area contributed by atoms with Crippen molar-refractivity contribution in [2.75, 3.05) is 11.9 Å². The van der Waals surface area contributed by atoms with E-state index in [1.807, 2.05) is 18.2 Å². The third-order valence-electron chi connectivity index (χ3n) is 2.12. The van der Waals surface area contributed by atoms with E-state index in [1.54, 1.807) is 13.0 Å². The highest BCUT2D eigenvalue weighted by Gasteiger charge is 1.96. The van der Waals surface area contributed by atoms with E-state index in [-0.39, 0.29) is 6.10 Å². The summed E-state index contributed by atoms with van der Waals surface area (Å²) in [7, 11) is 0. The summed E-state index contributed by atoms with van der Waals surface area (Å²) in [6.07, 6.45) is 1.48. The highest BCUT2D eigenvalue weighted by molar-refractivity contribution is 5.48. The van der Waals surface area contributed by atoms with Crippen LogP contribution in [-0.2, 0) is 0 Å². The number of nitrogens with zero attached hydrogens (tertiary/aromatic N) is 1. The molecule has 0 heterocycles. The number of anilines is 1. The SMILES string of the molecule is CC(O)CCCNc1cccc(C#N)c1. The Kier molecular flexibility index (Phi) is 4.65. The summed E-state index contributed by atoms with van der Waals surface area (Å²) in [6, 6.07) is 9.49. The summed E-state index contributed by atoms with van der Waals surface area (Å²) in [5.74, 6) is 0. The first-order valence-electron chi connectivity index (χ1n) is 5.14. The van der Waals surface area contributed by atoms with Crippen LogP contribution in [0.15, 0.2) is 24.3 Å². The number of nitriles is 1. The number of nitrogens with one attached hydrogen (secondary N) is 1. The summed E-state index contributed by atoms with van der Waals surface area (Å²) in [4.78, 5) is 0. The zero-order valence-electron chi connectivity index (χ0n) is 8.90. The van der Waals surface area contributed by atoms with Gasteiger partial charge in [0.05, 0.1) is 17.7 Å². The smallest absolute Gasteiger partial charge is 0.0992 e. The lowest BCUT2D eigenvalue weighted by molar-refractivity contribution is 0.183. The Balaban J connectivity index is 2.35. The molecule has 1 atom stereocenters. The molecule has 0 aliphatic heterocycles. The second-order valence-corrected chi connectivity index (χ2v) is 3.61. The van der Waals surface area contributed by atoms with Gasteiger partial charge >= 0.3 is 0 Å². The van der Waals surface area contributed by atoms with Crippen LogP contribution in [0.5, 0.6) is 0 Å². The van der Waals surface area contributed by atoms with Crippen molar-refractivity contribution in [3.05, 3.63) is 29.8 Å². The van der Waals surface area contributed by atoms with Crippen molar-refractivity contribution < 1.29 is 5.11 Å². The van der Waals surface area contributed by atoms with Crippen LogP contribution in [0.3, 0.4) is 0 Å². The second-order valence-electron chi connectivity index (χ2n) is 3.61. The van der Waals surface area contributed by atoms with Gasteiger partial charge in [-0.3, -0.25) is 0 Å². The predicted molar refractivity (Wildman–Crippen MR) is 60.6 cm³/mol. The van der Waals surface area contributed by atoms with Crippen molar-refractivity contribution in [3.63, 3.8) is 0 Å². The average Bonchev–Trinajstić information content (AvgIpc) is 2.24. The highest BCUT2D eigenvalue weighted by atomic mass is 16.3. The first-order chi connectivity index (χ1) is 7.22. The van der Waals surface area contributed by atoms with Gasteiger partial charge in [-0.15, -0.1) is 0 Å². The van der Waals surface area contributed by atoms with E-state index in [2.05, 4.69) is 11.4 Å². The Bertz CT molecular complexity index is 342. The quantitative estimate of drug-likeness (QED) is 0.722. The maximum absolute atomic E-state index is 9.06. The van der Waals surface area contributed by atoms with Gasteiger partial charge in [0.1, 0.15) is 0 Å².